The Bertz CT molecular complexity index is 1030. The van der Waals surface area contributed by atoms with Gasteiger partial charge in [0.2, 0.25) is 0 Å². The lowest BCUT2D eigenvalue weighted by Gasteiger charge is -2.37. The fourth-order valence-corrected chi connectivity index (χ4v) is 5.49. The van der Waals surface area contributed by atoms with Gasteiger partial charge < -0.3 is 0 Å². The smallest absolute Gasteiger partial charge is 0.00899 e. The van der Waals surface area contributed by atoms with Crippen LogP contribution in [0.1, 0.15) is 162 Å². The van der Waals surface area contributed by atoms with Gasteiger partial charge in [0, 0.05) is 5.92 Å². The molecule has 0 radical (unpaired) electrons. The maximum atomic E-state index is 2.55. The van der Waals surface area contributed by atoms with Crippen molar-refractivity contribution >= 4 is 0 Å². The fourth-order valence-electron chi connectivity index (χ4n) is 5.49. The van der Waals surface area contributed by atoms with Crippen LogP contribution in [-0.4, -0.2) is 0 Å². The van der Waals surface area contributed by atoms with Crippen molar-refractivity contribution in [1.82, 2.24) is 0 Å². The van der Waals surface area contributed by atoms with E-state index in [1.54, 1.807) is 5.56 Å². The quantitative estimate of drug-likeness (QED) is 0.413. The van der Waals surface area contributed by atoms with E-state index in [0.717, 1.165) is 6.42 Å². The molecule has 0 saturated carbocycles. The highest BCUT2D eigenvalue weighted by atomic mass is 14.4. The number of benzene rings is 2. The summed E-state index contributed by atoms with van der Waals surface area (Å²) < 4.78 is 0. The molecule has 0 bridgehead atoms. The number of hydrogen-bond donors (Lipinski definition) is 0. The summed E-state index contributed by atoms with van der Waals surface area (Å²) in [7, 11) is 0. The molecule has 0 nitrogen and oxygen atoms in total. The van der Waals surface area contributed by atoms with Gasteiger partial charge in [-0.3, -0.25) is 0 Å². The minimum absolute atomic E-state index is 0.0694. The first-order valence-electron chi connectivity index (χ1n) is 13.8. The van der Waals surface area contributed by atoms with Crippen LogP contribution in [0.15, 0.2) is 30.3 Å². The highest BCUT2D eigenvalue weighted by Crippen LogP contribution is 2.45. The molecule has 2 aromatic carbocycles. The van der Waals surface area contributed by atoms with Crippen LogP contribution in [0.25, 0.3) is 0 Å². The molecule has 2 rings (SSSR count). The van der Waals surface area contributed by atoms with E-state index in [4.69, 9.17) is 0 Å². The topological polar surface area (TPSA) is 0 Å². The van der Waals surface area contributed by atoms with Crippen molar-refractivity contribution in [3.05, 3.63) is 69.3 Å². The molecule has 0 aromatic heterocycles. The molecule has 1 unspecified atom stereocenters. The summed E-state index contributed by atoms with van der Waals surface area (Å²) in [6.07, 6.45) is 1.10. The van der Waals surface area contributed by atoms with Crippen LogP contribution in [0, 0.1) is 0 Å². The molecule has 35 heavy (non-hydrogen) atoms. The fraction of sp³-hybridized carbons (Fsp3) is 0.657. The van der Waals surface area contributed by atoms with Crippen molar-refractivity contribution in [3.8, 4) is 0 Å². The first kappa shape index (κ1) is 29.7. The largest absolute Gasteiger partial charge is 0.0645 e. The number of rotatable bonds is 3. The standard InChI is InChI=1S/C35H56/c1-17-25(23-18-19-27(32(5,6)7)28(20-23)33(8,9)10)26-21-24(31(2,3)4)22-29(34(11,12)13)30(26)35(14,15)16/h18-22,25H,17H2,1-16H3. The first-order chi connectivity index (χ1) is 15.5. The van der Waals surface area contributed by atoms with Gasteiger partial charge in [-0.15, -0.1) is 0 Å². The van der Waals surface area contributed by atoms with Gasteiger partial charge in [0.05, 0.1) is 0 Å². The van der Waals surface area contributed by atoms with Crippen LogP contribution in [0.2, 0.25) is 0 Å². The summed E-state index contributed by atoms with van der Waals surface area (Å²) in [6.45, 7) is 37.9. The van der Waals surface area contributed by atoms with Crippen molar-refractivity contribution in [3.63, 3.8) is 0 Å². The van der Waals surface area contributed by atoms with E-state index in [-0.39, 0.29) is 27.1 Å². The Morgan fingerprint density at radius 1 is 0.514 bits per heavy atom. The molecule has 0 aliphatic heterocycles. The predicted molar refractivity (Wildman–Crippen MR) is 159 cm³/mol. The van der Waals surface area contributed by atoms with E-state index in [1.807, 2.05) is 0 Å². The Kier molecular flexibility index (Phi) is 7.96. The lowest BCUT2D eigenvalue weighted by molar-refractivity contribution is 0.511. The normalized spacial score (nSPS) is 14.9. The maximum absolute atomic E-state index is 2.55. The molecule has 0 spiro atoms. The van der Waals surface area contributed by atoms with Crippen LogP contribution >= 0.6 is 0 Å². The molecule has 0 aliphatic rings. The maximum Gasteiger partial charge on any atom is 0.00899 e. The van der Waals surface area contributed by atoms with Crippen molar-refractivity contribution in [2.45, 2.75) is 150 Å². The van der Waals surface area contributed by atoms with Gasteiger partial charge in [-0.25, -0.2) is 0 Å². The third-order valence-electron chi connectivity index (χ3n) is 7.44. The van der Waals surface area contributed by atoms with Gasteiger partial charge in [-0.2, -0.15) is 0 Å². The second-order valence-electron chi connectivity index (χ2n) is 16.0. The molecule has 0 heterocycles. The second kappa shape index (κ2) is 9.39. The zero-order valence-corrected chi connectivity index (χ0v) is 26.2. The van der Waals surface area contributed by atoms with Gasteiger partial charge in [-0.05, 0) is 72.4 Å². The van der Waals surface area contributed by atoms with Crippen LogP contribution in [0.5, 0.6) is 0 Å². The Morgan fingerprint density at radius 2 is 1.00 bits per heavy atom. The SMILES string of the molecule is CCC(c1ccc(C(C)(C)C)c(C(C)(C)C)c1)c1cc(C(C)(C)C)cc(C(C)(C)C)c1C(C)(C)C. The summed E-state index contributed by atoms with van der Waals surface area (Å²) in [5.41, 5.74) is 10.9. The summed E-state index contributed by atoms with van der Waals surface area (Å²) in [5, 5.41) is 0. The second-order valence-corrected chi connectivity index (χ2v) is 16.0. The van der Waals surface area contributed by atoms with Gasteiger partial charge in [0.1, 0.15) is 0 Å². The van der Waals surface area contributed by atoms with Gasteiger partial charge in [0.25, 0.3) is 0 Å². The average molecular weight is 477 g/mol. The highest BCUT2D eigenvalue weighted by molar-refractivity contribution is 5.53. The van der Waals surface area contributed by atoms with E-state index in [2.05, 4.69) is 141 Å². The minimum atomic E-state index is 0.0694. The summed E-state index contributed by atoms with van der Waals surface area (Å²) in [6, 6.07) is 12.5. The van der Waals surface area contributed by atoms with E-state index in [9.17, 15) is 0 Å². The monoisotopic (exact) mass is 476 g/mol. The molecule has 1 atom stereocenters. The third kappa shape index (κ3) is 6.61. The molecule has 0 aliphatic carbocycles. The number of hydrogen-bond acceptors (Lipinski definition) is 0. The van der Waals surface area contributed by atoms with Crippen molar-refractivity contribution in [2.24, 2.45) is 0 Å². The molecule has 0 heteroatoms. The van der Waals surface area contributed by atoms with Gasteiger partial charge >= 0.3 is 0 Å². The molecule has 0 amide bonds. The molecular weight excluding hydrogens is 420 g/mol. The third-order valence-corrected chi connectivity index (χ3v) is 7.44. The lowest BCUT2D eigenvalue weighted by Crippen LogP contribution is -2.27. The lowest BCUT2D eigenvalue weighted by atomic mass is 9.67. The summed E-state index contributed by atoms with van der Waals surface area (Å²) >= 11 is 0. The van der Waals surface area contributed by atoms with Crippen LogP contribution < -0.4 is 0 Å². The average Bonchev–Trinajstić information content (AvgIpc) is 2.64. The molecule has 196 valence electrons. The van der Waals surface area contributed by atoms with E-state index < -0.39 is 0 Å². The molecule has 0 saturated heterocycles. The predicted octanol–water partition coefficient (Wildman–Crippen LogP) is 10.7. The highest BCUT2D eigenvalue weighted by Gasteiger charge is 2.33. The Morgan fingerprint density at radius 3 is 1.37 bits per heavy atom. The van der Waals surface area contributed by atoms with Gasteiger partial charge in [-0.1, -0.05) is 141 Å². The molecule has 0 fully saturated rings. The summed E-state index contributed by atoms with van der Waals surface area (Å²) in [5.74, 6) is 0.378. The Hall–Kier alpha value is -1.56. The van der Waals surface area contributed by atoms with Crippen LogP contribution in [-0.2, 0) is 27.1 Å². The molecule has 0 N–H and O–H groups in total. The van der Waals surface area contributed by atoms with E-state index in [1.165, 1.54) is 33.4 Å². The molecule has 2 aromatic rings. The minimum Gasteiger partial charge on any atom is -0.0645 e. The van der Waals surface area contributed by atoms with Crippen LogP contribution in [0.4, 0.5) is 0 Å². The molecular formula is C35H56. The van der Waals surface area contributed by atoms with Gasteiger partial charge in [0.15, 0.2) is 0 Å². The van der Waals surface area contributed by atoms with Crippen molar-refractivity contribution in [1.29, 1.82) is 0 Å². The van der Waals surface area contributed by atoms with Crippen molar-refractivity contribution in [2.75, 3.05) is 0 Å². The Balaban J connectivity index is 3.00. The first-order valence-corrected chi connectivity index (χ1v) is 13.8. The zero-order chi connectivity index (χ0) is 27.4. The van der Waals surface area contributed by atoms with Crippen molar-refractivity contribution < 1.29 is 0 Å². The zero-order valence-electron chi connectivity index (χ0n) is 26.2. The van der Waals surface area contributed by atoms with E-state index >= 15 is 0 Å². The van der Waals surface area contributed by atoms with E-state index in [0.29, 0.717) is 5.92 Å². The van der Waals surface area contributed by atoms with Crippen LogP contribution in [0.3, 0.4) is 0 Å². The Labute approximate surface area is 219 Å². The summed E-state index contributed by atoms with van der Waals surface area (Å²) in [4.78, 5) is 0.